The summed E-state index contributed by atoms with van der Waals surface area (Å²) in [6.07, 6.45) is -1.14. The number of ether oxygens (including phenoxy) is 2. The number of benzene rings is 2. The molecule has 0 bridgehead atoms. The van der Waals surface area contributed by atoms with E-state index in [-0.39, 0.29) is 13.0 Å². The number of hydrogen-bond donors (Lipinski definition) is 3. The van der Waals surface area contributed by atoms with Crippen LogP contribution in [0.5, 0.6) is 5.75 Å². The second-order valence-electron chi connectivity index (χ2n) is 7.00. The lowest BCUT2D eigenvalue weighted by molar-refractivity contribution is -0.179. The predicted octanol–water partition coefficient (Wildman–Crippen LogP) is 2.36. The third-order valence-electron chi connectivity index (χ3n) is 5.07. The van der Waals surface area contributed by atoms with Gasteiger partial charge >= 0.3 is 0 Å². The van der Waals surface area contributed by atoms with E-state index in [9.17, 15) is 15.3 Å². The van der Waals surface area contributed by atoms with Crippen molar-refractivity contribution >= 4 is 10.9 Å². The predicted molar refractivity (Wildman–Crippen MR) is 104 cm³/mol. The second-order valence-corrected chi connectivity index (χ2v) is 7.00. The van der Waals surface area contributed by atoms with Crippen molar-refractivity contribution < 1.29 is 24.8 Å². The molecule has 0 saturated carbocycles. The third-order valence-corrected chi connectivity index (χ3v) is 5.07. The smallest absolute Gasteiger partial charge is 0.119 e. The highest BCUT2D eigenvalue weighted by molar-refractivity contribution is 5.81. The van der Waals surface area contributed by atoms with Gasteiger partial charge in [0.05, 0.1) is 24.3 Å². The van der Waals surface area contributed by atoms with Crippen LogP contribution in [0.15, 0.2) is 60.8 Å². The molecule has 146 valence electrons. The molecule has 1 fully saturated rings. The molecule has 4 atom stereocenters. The first-order chi connectivity index (χ1) is 13.7. The average molecular weight is 381 g/mol. The Kier molecular flexibility index (Phi) is 5.54. The van der Waals surface area contributed by atoms with Crippen molar-refractivity contribution in [3.8, 4) is 5.75 Å². The minimum Gasteiger partial charge on any atom is -0.489 e. The van der Waals surface area contributed by atoms with Gasteiger partial charge in [0.15, 0.2) is 0 Å². The van der Waals surface area contributed by atoms with E-state index in [0.717, 1.165) is 22.0 Å². The van der Waals surface area contributed by atoms with Crippen molar-refractivity contribution in [2.45, 2.75) is 37.4 Å². The van der Waals surface area contributed by atoms with Crippen molar-refractivity contribution in [1.82, 2.24) is 4.98 Å². The first-order valence-electron chi connectivity index (χ1n) is 9.33. The van der Waals surface area contributed by atoms with Crippen molar-refractivity contribution in [2.75, 3.05) is 6.61 Å². The minimum atomic E-state index is -1.03. The van der Waals surface area contributed by atoms with Gasteiger partial charge in [0.1, 0.15) is 24.6 Å². The molecule has 1 saturated heterocycles. The zero-order valence-corrected chi connectivity index (χ0v) is 15.3. The lowest BCUT2D eigenvalue weighted by atomic mass is 9.93. The molecule has 2 heterocycles. The van der Waals surface area contributed by atoms with E-state index in [1.165, 1.54) is 0 Å². The van der Waals surface area contributed by atoms with E-state index < -0.39 is 24.4 Å². The quantitative estimate of drug-likeness (QED) is 0.628. The summed E-state index contributed by atoms with van der Waals surface area (Å²) in [5, 5.41) is 30.6. The molecule has 6 heteroatoms. The van der Waals surface area contributed by atoms with Gasteiger partial charge in [-0.25, -0.2) is 0 Å². The van der Waals surface area contributed by atoms with Crippen molar-refractivity contribution in [1.29, 1.82) is 0 Å². The standard InChI is InChI=1S/C22H23NO5/c24-12-18-11-19(25)21(26)22(28-18)15-6-8-17(9-7-15)27-13-16-4-1-3-14-5-2-10-23-20(14)16/h1-10,18-19,21-22,24-26H,11-13H2/t18?,19?,21?,22-/m1/s1. The molecule has 3 unspecified atom stereocenters. The van der Waals surface area contributed by atoms with Gasteiger partial charge in [-0.3, -0.25) is 4.98 Å². The van der Waals surface area contributed by atoms with E-state index >= 15 is 0 Å². The van der Waals surface area contributed by atoms with E-state index in [2.05, 4.69) is 4.98 Å². The van der Waals surface area contributed by atoms with Crippen molar-refractivity contribution in [3.63, 3.8) is 0 Å². The van der Waals surface area contributed by atoms with Crippen LogP contribution in [0.2, 0.25) is 0 Å². The SMILES string of the molecule is OCC1CC(O)C(O)[C@@H](c2ccc(OCc3cccc4cccnc34)cc2)O1. The lowest BCUT2D eigenvalue weighted by Crippen LogP contribution is -2.44. The van der Waals surface area contributed by atoms with Crippen LogP contribution in [0, 0.1) is 0 Å². The van der Waals surface area contributed by atoms with Gasteiger partial charge in [-0.2, -0.15) is 0 Å². The van der Waals surface area contributed by atoms with E-state index in [1.807, 2.05) is 30.3 Å². The Morgan fingerprint density at radius 2 is 1.82 bits per heavy atom. The summed E-state index contributed by atoms with van der Waals surface area (Å²) in [5.41, 5.74) is 2.65. The van der Waals surface area contributed by atoms with Gasteiger partial charge in [0.25, 0.3) is 0 Å². The highest BCUT2D eigenvalue weighted by atomic mass is 16.5. The third kappa shape index (κ3) is 3.86. The normalized spacial score (nSPS) is 25.0. The molecule has 0 amide bonds. The van der Waals surface area contributed by atoms with E-state index in [0.29, 0.717) is 12.4 Å². The van der Waals surface area contributed by atoms with Crippen LogP contribution in [0.4, 0.5) is 0 Å². The van der Waals surface area contributed by atoms with Crippen LogP contribution < -0.4 is 4.74 Å². The number of rotatable bonds is 5. The molecule has 0 spiro atoms. The second kappa shape index (κ2) is 8.24. The Bertz CT molecular complexity index is 924. The van der Waals surface area contributed by atoms with Crippen molar-refractivity contribution in [3.05, 3.63) is 71.9 Å². The zero-order valence-electron chi connectivity index (χ0n) is 15.3. The van der Waals surface area contributed by atoms with Crippen LogP contribution in [0.3, 0.4) is 0 Å². The first kappa shape index (κ1) is 18.8. The highest BCUT2D eigenvalue weighted by Gasteiger charge is 2.37. The Hall–Kier alpha value is -2.51. The maximum absolute atomic E-state index is 10.2. The first-order valence-corrected chi connectivity index (χ1v) is 9.33. The molecule has 0 radical (unpaired) electrons. The van der Waals surface area contributed by atoms with Gasteiger partial charge in [0.2, 0.25) is 0 Å². The van der Waals surface area contributed by atoms with Crippen LogP contribution in [0.1, 0.15) is 23.7 Å². The minimum absolute atomic E-state index is 0.194. The van der Waals surface area contributed by atoms with Gasteiger partial charge in [-0.05, 0) is 23.8 Å². The number of nitrogens with zero attached hydrogens (tertiary/aromatic N) is 1. The lowest BCUT2D eigenvalue weighted by Gasteiger charge is -2.36. The van der Waals surface area contributed by atoms with Crippen LogP contribution >= 0.6 is 0 Å². The summed E-state index contributed by atoms with van der Waals surface area (Å²) in [6.45, 7) is 0.197. The van der Waals surface area contributed by atoms with E-state index in [4.69, 9.17) is 9.47 Å². The number of aliphatic hydroxyl groups is 3. The number of aromatic nitrogens is 1. The Balaban J connectivity index is 1.46. The number of hydrogen-bond acceptors (Lipinski definition) is 6. The van der Waals surface area contributed by atoms with Crippen LogP contribution in [-0.4, -0.2) is 45.2 Å². The topological polar surface area (TPSA) is 92.0 Å². The molecular formula is C22H23NO5. The summed E-state index contributed by atoms with van der Waals surface area (Å²) >= 11 is 0. The van der Waals surface area contributed by atoms with Crippen LogP contribution in [0.25, 0.3) is 10.9 Å². The molecule has 0 aliphatic carbocycles. The largest absolute Gasteiger partial charge is 0.489 e. The summed E-state index contributed by atoms with van der Waals surface area (Å²) in [4.78, 5) is 4.43. The Morgan fingerprint density at radius 1 is 1.04 bits per heavy atom. The van der Waals surface area contributed by atoms with E-state index in [1.54, 1.807) is 30.5 Å². The molecule has 28 heavy (non-hydrogen) atoms. The fourth-order valence-electron chi connectivity index (χ4n) is 3.55. The summed E-state index contributed by atoms with van der Waals surface area (Å²) < 4.78 is 11.6. The molecular weight excluding hydrogens is 358 g/mol. The fourth-order valence-corrected chi connectivity index (χ4v) is 3.55. The number of fused-ring (bicyclic) bond motifs is 1. The van der Waals surface area contributed by atoms with Gasteiger partial charge < -0.3 is 24.8 Å². The number of para-hydroxylation sites is 1. The molecule has 3 N–H and O–H groups in total. The van der Waals surface area contributed by atoms with Gasteiger partial charge in [-0.1, -0.05) is 36.4 Å². The summed E-state index contributed by atoms with van der Waals surface area (Å²) in [5.74, 6) is 0.682. The molecule has 2 aromatic carbocycles. The summed E-state index contributed by atoms with van der Waals surface area (Å²) in [7, 11) is 0. The molecule has 1 aliphatic rings. The molecule has 3 aromatic rings. The number of pyridine rings is 1. The Morgan fingerprint density at radius 3 is 2.61 bits per heavy atom. The molecule has 4 rings (SSSR count). The summed E-state index contributed by atoms with van der Waals surface area (Å²) in [6, 6.07) is 17.1. The Labute approximate surface area is 163 Å². The van der Waals surface area contributed by atoms with Crippen molar-refractivity contribution in [2.24, 2.45) is 0 Å². The fraction of sp³-hybridized carbons (Fsp3) is 0.318. The zero-order chi connectivity index (χ0) is 19.5. The number of aliphatic hydroxyl groups excluding tert-OH is 3. The highest BCUT2D eigenvalue weighted by Crippen LogP contribution is 2.32. The van der Waals surface area contributed by atoms with Gasteiger partial charge in [-0.15, -0.1) is 0 Å². The molecule has 1 aliphatic heterocycles. The maximum atomic E-state index is 10.2. The maximum Gasteiger partial charge on any atom is 0.119 e. The molecule has 1 aromatic heterocycles. The molecule has 6 nitrogen and oxygen atoms in total. The van der Waals surface area contributed by atoms with Crippen LogP contribution in [-0.2, 0) is 11.3 Å². The monoisotopic (exact) mass is 381 g/mol. The van der Waals surface area contributed by atoms with Gasteiger partial charge in [0, 0.05) is 23.6 Å². The average Bonchev–Trinajstić information content (AvgIpc) is 2.74.